The Morgan fingerprint density at radius 1 is 0.500 bits per heavy atom. The lowest BCUT2D eigenvalue weighted by atomic mass is 10.1. The number of unbranched alkanes of at least 4 members (excludes halogenated alkanes) is 3. The minimum absolute atomic E-state index is 0.111. The van der Waals surface area contributed by atoms with E-state index in [1.807, 2.05) is 84.9 Å². The van der Waals surface area contributed by atoms with Gasteiger partial charge in [-0.25, -0.2) is 9.98 Å². The second-order valence-electron chi connectivity index (χ2n) is 11.1. The van der Waals surface area contributed by atoms with E-state index < -0.39 is 0 Å². The molecule has 0 saturated carbocycles. The molecule has 0 radical (unpaired) electrons. The van der Waals surface area contributed by atoms with Gasteiger partial charge in [-0.15, -0.1) is 0 Å². The van der Waals surface area contributed by atoms with Crippen molar-refractivity contribution in [3.8, 4) is 0 Å². The Bertz CT molecular complexity index is 1690. The molecule has 4 aromatic rings. The average molecular weight is 648 g/mol. The normalized spacial score (nSPS) is 16.5. The zero-order chi connectivity index (χ0) is 31.9. The van der Waals surface area contributed by atoms with Crippen LogP contribution < -0.4 is 0 Å². The lowest BCUT2D eigenvalue weighted by molar-refractivity contribution is -0.123. The molecule has 0 spiro atoms. The minimum Gasteiger partial charge on any atom is -0.291 e. The topological polar surface area (TPSA) is 65.3 Å². The fraction of sp³-hybridized carbons (Fsp3) is 0.158. The van der Waals surface area contributed by atoms with Gasteiger partial charge >= 0.3 is 0 Å². The van der Waals surface area contributed by atoms with E-state index in [9.17, 15) is 9.59 Å². The first kappa shape index (κ1) is 31.2. The van der Waals surface area contributed by atoms with Gasteiger partial charge in [0.15, 0.2) is 0 Å². The fourth-order valence-electron chi connectivity index (χ4n) is 5.46. The predicted molar refractivity (Wildman–Crippen MR) is 187 cm³/mol. The van der Waals surface area contributed by atoms with Crippen LogP contribution in [-0.4, -0.2) is 46.4 Å². The smallest absolute Gasteiger partial charge is 0.278 e. The summed E-state index contributed by atoms with van der Waals surface area (Å²) in [4.78, 5) is 40.0. The van der Waals surface area contributed by atoms with E-state index in [0.29, 0.717) is 46.2 Å². The van der Waals surface area contributed by atoms with Crippen LogP contribution in [0.5, 0.6) is 0 Å². The van der Waals surface area contributed by atoms with Crippen molar-refractivity contribution >= 4 is 58.8 Å². The Morgan fingerprint density at radius 2 is 0.870 bits per heavy atom. The largest absolute Gasteiger partial charge is 0.291 e. The van der Waals surface area contributed by atoms with Crippen molar-refractivity contribution in [1.82, 2.24) is 9.80 Å². The molecule has 0 unspecified atom stereocenters. The minimum atomic E-state index is -0.111. The van der Waals surface area contributed by atoms with Gasteiger partial charge in [-0.2, -0.15) is 0 Å². The van der Waals surface area contributed by atoms with E-state index in [-0.39, 0.29) is 11.8 Å². The first-order valence-electron chi connectivity index (χ1n) is 15.3. The maximum atomic E-state index is 13.5. The Morgan fingerprint density at radius 3 is 1.24 bits per heavy atom. The zero-order valence-electron chi connectivity index (χ0n) is 25.2. The van der Waals surface area contributed by atoms with Crippen LogP contribution in [0.4, 0.5) is 0 Å². The molecule has 4 aromatic carbocycles. The summed E-state index contributed by atoms with van der Waals surface area (Å²) in [6.07, 6.45) is 7.01. The Labute approximate surface area is 279 Å². The van der Waals surface area contributed by atoms with Gasteiger partial charge in [-0.1, -0.05) is 121 Å². The SMILES string of the molecule is O=C1C(=Cc2ccc(Cl)cc2)N=C(c2ccccc2)N1CCCCCCN1C(=O)C(=Cc2ccc(Cl)cc2)N=C1c1ccccc1. The summed E-state index contributed by atoms with van der Waals surface area (Å²) in [6, 6.07) is 34.3. The number of hydrogen-bond donors (Lipinski definition) is 0. The second-order valence-corrected chi connectivity index (χ2v) is 12.0. The number of halogens is 2. The van der Waals surface area contributed by atoms with Crippen molar-refractivity contribution < 1.29 is 9.59 Å². The molecule has 230 valence electrons. The highest BCUT2D eigenvalue weighted by molar-refractivity contribution is 6.31. The highest BCUT2D eigenvalue weighted by atomic mass is 35.5. The molecular weight excluding hydrogens is 615 g/mol. The molecular formula is C38H32Cl2N4O2. The molecule has 8 heteroatoms. The third-order valence-electron chi connectivity index (χ3n) is 7.82. The summed E-state index contributed by atoms with van der Waals surface area (Å²) >= 11 is 12.1. The number of carbonyl (C=O) groups is 2. The van der Waals surface area contributed by atoms with E-state index in [1.165, 1.54) is 0 Å². The van der Waals surface area contributed by atoms with Gasteiger partial charge in [0.05, 0.1) is 0 Å². The van der Waals surface area contributed by atoms with Gasteiger partial charge in [-0.05, 0) is 60.4 Å². The molecule has 0 fully saturated rings. The van der Waals surface area contributed by atoms with E-state index in [1.54, 1.807) is 46.2 Å². The van der Waals surface area contributed by atoms with Crippen molar-refractivity contribution in [3.05, 3.63) is 153 Å². The number of carbonyl (C=O) groups excluding carboxylic acids is 2. The molecule has 0 bridgehead atoms. The van der Waals surface area contributed by atoms with Crippen molar-refractivity contribution in [2.75, 3.05) is 13.1 Å². The first-order chi connectivity index (χ1) is 22.5. The summed E-state index contributed by atoms with van der Waals surface area (Å²) in [6.45, 7) is 1.11. The van der Waals surface area contributed by atoms with Crippen LogP contribution in [-0.2, 0) is 9.59 Å². The predicted octanol–water partition coefficient (Wildman–Crippen LogP) is 8.51. The van der Waals surface area contributed by atoms with E-state index >= 15 is 0 Å². The summed E-state index contributed by atoms with van der Waals surface area (Å²) in [5, 5.41) is 1.28. The quantitative estimate of drug-likeness (QED) is 0.121. The van der Waals surface area contributed by atoms with Gasteiger partial charge in [0.25, 0.3) is 11.8 Å². The number of hydrogen-bond acceptors (Lipinski definition) is 4. The Balaban J connectivity index is 1.08. The standard InChI is InChI=1S/C38H32Cl2N4O2/c39-31-19-15-27(16-20-31)25-33-37(45)43(35(41-33)29-11-5-3-6-12-29)23-9-1-2-10-24-44-36(30-13-7-4-8-14-30)42-34(38(44)46)26-28-17-21-32(40)22-18-28/h3-8,11-22,25-26H,1-2,9-10,23-24H2. The molecule has 6 rings (SSSR count). The third kappa shape index (κ3) is 7.36. The maximum absolute atomic E-state index is 13.5. The molecule has 2 aliphatic heterocycles. The molecule has 2 aliphatic rings. The maximum Gasteiger partial charge on any atom is 0.278 e. The third-order valence-corrected chi connectivity index (χ3v) is 8.32. The van der Waals surface area contributed by atoms with Crippen LogP contribution in [0, 0.1) is 0 Å². The molecule has 0 saturated heterocycles. The molecule has 2 heterocycles. The summed E-state index contributed by atoms with van der Waals surface area (Å²) < 4.78 is 0. The molecule has 0 aliphatic carbocycles. The highest BCUT2D eigenvalue weighted by Gasteiger charge is 2.32. The number of benzene rings is 4. The van der Waals surface area contributed by atoms with Gasteiger partial charge in [-0.3, -0.25) is 19.4 Å². The zero-order valence-corrected chi connectivity index (χ0v) is 26.7. The van der Waals surface area contributed by atoms with Crippen LogP contribution in [0.3, 0.4) is 0 Å². The van der Waals surface area contributed by atoms with Crippen LogP contribution in [0.2, 0.25) is 10.0 Å². The van der Waals surface area contributed by atoms with Crippen molar-refractivity contribution in [2.24, 2.45) is 9.98 Å². The van der Waals surface area contributed by atoms with E-state index in [4.69, 9.17) is 33.2 Å². The summed E-state index contributed by atoms with van der Waals surface area (Å²) in [5.41, 5.74) is 4.35. The number of aliphatic imine (C=N–C) groups is 2. The number of amides is 2. The van der Waals surface area contributed by atoms with Crippen LogP contribution in [0.15, 0.2) is 131 Å². The van der Waals surface area contributed by atoms with Crippen LogP contribution in [0.1, 0.15) is 47.9 Å². The summed E-state index contributed by atoms with van der Waals surface area (Å²) in [5.74, 6) is 1.11. The molecule has 2 amide bonds. The van der Waals surface area contributed by atoms with E-state index in [2.05, 4.69) is 0 Å². The molecule has 46 heavy (non-hydrogen) atoms. The van der Waals surface area contributed by atoms with Gasteiger partial charge in [0.2, 0.25) is 0 Å². The number of nitrogens with zero attached hydrogens (tertiary/aromatic N) is 4. The first-order valence-corrected chi connectivity index (χ1v) is 16.1. The van der Waals surface area contributed by atoms with Crippen LogP contribution in [0.25, 0.3) is 12.2 Å². The van der Waals surface area contributed by atoms with Gasteiger partial charge in [0.1, 0.15) is 23.1 Å². The molecule has 6 nitrogen and oxygen atoms in total. The van der Waals surface area contributed by atoms with Gasteiger partial charge < -0.3 is 0 Å². The highest BCUT2D eigenvalue weighted by Crippen LogP contribution is 2.25. The van der Waals surface area contributed by atoms with Crippen LogP contribution >= 0.6 is 23.2 Å². The second kappa shape index (κ2) is 14.5. The molecule has 0 aromatic heterocycles. The molecule has 0 atom stereocenters. The lowest BCUT2D eigenvalue weighted by Crippen LogP contribution is -2.34. The Hall–Kier alpha value is -4.78. The average Bonchev–Trinajstić information content (AvgIpc) is 3.56. The summed E-state index contributed by atoms with van der Waals surface area (Å²) in [7, 11) is 0. The fourth-order valence-corrected chi connectivity index (χ4v) is 5.71. The van der Waals surface area contributed by atoms with Crippen molar-refractivity contribution in [2.45, 2.75) is 25.7 Å². The van der Waals surface area contributed by atoms with Gasteiger partial charge in [0, 0.05) is 34.3 Å². The lowest BCUT2D eigenvalue weighted by Gasteiger charge is -2.19. The van der Waals surface area contributed by atoms with E-state index in [0.717, 1.165) is 47.9 Å². The number of rotatable bonds is 11. The molecule has 0 N–H and O–H groups in total. The van der Waals surface area contributed by atoms with Crippen molar-refractivity contribution in [1.29, 1.82) is 0 Å². The van der Waals surface area contributed by atoms with Crippen molar-refractivity contribution in [3.63, 3.8) is 0 Å². The monoisotopic (exact) mass is 646 g/mol. The number of amidine groups is 2. The Kier molecular flexibility index (Phi) is 9.87.